The summed E-state index contributed by atoms with van der Waals surface area (Å²) in [7, 11) is 1.74. The third-order valence-electron chi connectivity index (χ3n) is 3.58. The zero-order chi connectivity index (χ0) is 12.1. The van der Waals surface area contributed by atoms with Gasteiger partial charge in [-0.15, -0.1) is 0 Å². The maximum absolute atomic E-state index is 6.14. The van der Waals surface area contributed by atoms with Crippen LogP contribution in [0.3, 0.4) is 0 Å². The molecule has 0 amide bonds. The second-order valence-electron chi connectivity index (χ2n) is 5.06. The molecule has 0 aromatic heterocycles. The molecule has 0 heterocycles. The van der Waals surface area contributed by atoms with Gasteiger partial charge in [0.1, 0.15) is 0 Å². The van der Waals surface area contributed by atoms with Crippen molar-refractivity contribution in [3.8, 4) is 0 Å². The van der Waals surface area contributed by atoms with Gasteiger partial charge in [0.25, 0.3) is 0 Å². The number of hydrogen-bond acceptors (Lipinski definition) is 2. The summed E-state index contributed by atoms with van der Waals surface area (Å²) in [6, 6.07) is 7.17. The van der Waals surface area contributed by atoms with E-state index in [9.17, 15) is 0 Å². The minimum absolute atomic E-state index is 0.268. The lowest BCUT2D eigenvalue weighted by atomic mass is 9.99. The van der Waals surface area contributed by atoms with Gasteiger partial charge < -0.3 is 10.5 Å². The highest BCUT2D eigenvalue weighted by molar-refractivity contribution is 5.35. The van der Waals surface area contributed by atoms with E-state index in [4.69, 9.17) is 10.5 Å². The van der Waals surface area contributed by atoms with Crippen molar-refractivity contribution >= 4 is 0 Å². The average molecular weight is 233 g/mol. The number of rotatable bonds is 6. The highest BCUT2D eigenvalue weighted by Crippen LogP contribution is 2.23. The number of hydrogen-bond donors (Lipinski definition) is 1. The molecule has 0 saturated heterocycles. The first-order valence-corrected chi connectivity index (χ1v) is 6.65. The summed E-state index contributed by atoms with van der Waals surface area (Å²) in [4.78, 5) is 0. The van der Waals surface area contributed by atoms with Crippen LogP contribution in [0, 0.1) is 0 Å². The molecule has 0 saturated carbocycles. The third kappa shape index (κ3) is 3.55. The van der Waals surface area contributed by atoms with Gasteiger partial charge in [0.05, 0.1) is 0 Å². The number of benzene rings is 1. The van der Waals surface area contributed by atoms with Gasteiger partial charge in [0, 0.05) is 19.8 Å². The number of fused-ring (bicyclic) bond motifs is 1. The van der Waals surface area contributed by atoms with Gasteiger partial charge >= 0.3 is 0 Å². The molecule has 2 nitrogen and oxygen atoms in total. The maximum Gasteiger partial charge on any atom is 0.0462 e. The van der Waals surface area contributed by atoms with E-state index in [2.05, 4.69) is 18.2 Å². The van der Waals surface area contributed by atoms with Crippen LogP contribution in [0.5, 0.6) is 0 Å². The Labute approximate surface area is 104 Å². The van der Waals surface area contributed by atoms with Crippen molar-refractivity contribution in [1.82, 2.24) is 0 Å². The van der Waals surface area contributed by atoms with E-state index in [-0.39, 0.29) is 6.04 Å². The summed E-state index contributed by atoms with van der Waals surface area (Å²) in [5.74, 6) is 0. The minimum atomic E-state index is 0.268. The zero-order valence-corrected chi connectivity index (χ0v) is 10.7. The molecule has 17 heavy (non-hydrogen) atoms. The van der Waals surface area contributed by atoms with Crippen molar-refractivity contribution in [2.75, 3.05) is 13.7 Å². The van der Waals surface area contributed by atoms with Gasteiger partial charge in [0.15, 0.2) is 0 Å². The molecule has 0 radical (unpaired) electrons. The quantitative estimate of drug-likeness (QED) is 0.766. The molecule has 0 fully saturated rings. The Morgan fingerprint density at radius 1 is 1.29 bits per heavy atom. The lowest BCUT2D eigenvalue weighted by Crippen LogP contribution is -2.23. The highest BCUT2D eigenvalue weighted by atomic mass is 16.5. The monoisotopic (exact) mass is 233 g/mol. The predicted octanol–water partition coefficient (Wildman–Crippen LogP) is 2.47. The smallest absolute Gasteiger partial charge is 0.0462 e. The molecule has 94 valence electrons. The Hall–Kier alpha value is -0.860. The van der Waals surface area contributed by atoms with Crippen molar-refractivity contribution in [3.63, 3.8) is 0 Å². The molecule has 2 heteroatoms. The molecule has 2 N–H and O–H groups in total. The SMILES string of the molecule is COCCCC(N)Cc1ccc2c(c1)CCC2. The predicted molar refractivity (Wildman–Crippen MR) is 71.3 cm³/mol. The topological polar surface area (TPSA) is 35.2 Å². The van der Waals surface area contributed by atoms with Crippen molar-refractivity contribution in [2.24, 2.45) is 5.73 Å². The second kappa shape index (κ2) is 6.18. The lowest BCUT2D eigenvalue weighted by molar-refractivity contribution is 0.190. The molecule has 1 aromatic rings. The molecule has 1 aliphatic carbocycles. The van der Waals surface area contributed by atoms with E-state index < -0.39 is 0 Å². The maximum atomic E-state index is 6.14. The van der Waals surface area contributed by atoms with E-state index in [0.717, 1.165) is 25.9 Å². The lowest BCUT2D eigenvalue weighted by Gasteiger charge is -2.12. The molecule has 1 unspecified atom stereocenters. The van der Waals surface area contributed by atoms with Gasteiger partial charge in [-0.3, -0.25) is 0 Å². The fraction of sp³-hybridized carbons (Fsp3) is 0.600. The average Bonchev–Trinajstić information content (AvgIpc) is 2.76. The third-order valence-corrected chi connectivity index (χ3v) is 3.58. The first-order chi connectivity index (χ1) is 8.29. The zero-order valence-electron chi connectivity index (χ0n) is 10.7. The summed E-state index contributed by atoms with van der Waals surface area (Å²) in [5, 5.41) is 0. The highest BCUT2D eigenvalue weighted by Gasteiger charge is 2.12. The van der Waals surface area contributed by atoms with Gasteiger partial charge in [-0.2, -0.15) is 0 Å². The molecule has 0 bridgehead atoms. The van der Waals surface area contributed by atoms with E-state index in [1.807, 2.05) is 0 Å². The standard InChI is InChI=1S/C15H23NO/c1-17-9-3-6-15(16)11-12-7-8-13-4-2-5-14(13)10-12/h7-8,10,15H,2-6,9,11,16H2,1H3. The van der Waals surface area contributed by atoms with Crippen LogP contribution in [0.25, 0.3) is 0 Å². The van der Waals surface area contributed by atoms with Gasteiger partial charge in [-0.05, 0) is 55.2 Å². The molecule has 1 aliphatic rings. The molecule has 2 rings (SSSR count). The van der Waals surface area contributed by atoms with Crippen LogP contribution in [0.15, 0.2) is 18.2 Å². The van der Waals surface area contributed by atoms with E-state index in [0.29, 0.717) is 0 Å². The van der Waals surface area contributed by atoms with Crippen LogP contribution in [-0.4, -0.2) is 19.8 Å². The van der Waals surface area contributed by atoms with Crippen molar-refractivity contribution in [1.29, 1.82) is 0 Å². The first kappa shape index (κ1) is 12.6. The van der Waals surface area contributed by atoms with Gasteiger partial charge in [0.2, 0.25) is 0 Å². The molecule has 0 spiro atoms. The molecular formula is C15H23NO. The van der Waals surface area contributed by atoms with Gasteiger partial charge in [-0.1, -0.05) is 18.2 Å². The van der Waals surface area contributed by atoms with E-state index in [1.54, 1.807) is 18.2 Å². The van der Waals surface area contributed by atoms with Crippen LogP contribution in [0.4, 0.5) is 0 Å². The van der Waals surface area contributed by atoms with E-state index in [1.165, 1.54) is 24.8 Å². The number of nitrogens with two attached hydrogens (primary N) is 1. The number of aryl methyl sites for hydroxylation is 2. The summed E-state index contributed by atoms with van der Waals surface area (Å²) in [6.45, 7) is 0.817. The largest absolute Gasteiger partial charge is 0.385 e. The van der Waals surface area contributed by atoms with Crippen LogP contribution in [0.1, 0.15) is 36.0 Å². The summed E-state index contributed by atoms with van der Waals surface area (Å²) in [5.41, 5.74) is 10.6. The summed E-state index contributed by atoms with van der Waals surface area (Å²) < 4.78 is 5.05. The summed E-state index contributed by atoms with van der Waals surface area (Å²) >= 11 is 0. The van der Waals surface area contributed by atoms with E-state index >= 15 is 0 Å². The minimum Gasteiger partial charge on any atom is -0.385 e. The van der Waals surface area contributed by atoms with Crippen LogP contribution < -0.4 is 5.73 Å². The van der Waals surface area contributed by atoms with Crippen molar-refractivity contribution in [3.05, 3.63) is 34.9 Å². The fourth-order valence-corrected chi connectivity index (χ4v) is 2.65. The van der Waals surface area contributed by atoms with Crippen molar-refractivity contribution < 1.29 is 4.74 Å². The Kier molecular flexibility index (Phi) is 4.57. The van der Waals surface area contributed by atoms with Crippen LogP contribution >= 0.6 is 0 Å². The molecule has 0 aliphatic heterocycles. The van der Waals surface area contributed by atoms with Crippen LogP contribution in [-0.2, 0) is 24.0 Å². The Morgan fingerprint density at radius 2 is 2.12 bits per heavy atom. The first-order valence-electron chi connectivity index (χ1n) is 6.65. The Balaban J connectivity index is 1.86. The van der Waals surface area contributed by atoms with Gasteiger partial charge in [-0.25, -0.2) is 0 Å². The molecule has 1 aromatic carbocycles. The fourth-order valence-electron chi connectivity index (χ4n) is 2.65. The van der Waals surface area contributed by atoms with Crippen molar-refractivity contribution in [2.45, 2.75) is 44.6 Å². The van der Waals surface area contributed by atoms with Crippen LogP contribution in [0.2, 0.25) is 0 Å². The molecule has 1 atom stereocenters. The second-order valence-corrected chi connectivity index (χ2v) is 5.06. The number of methoxy groups -OCH3 is 1. The molecular weight excluding hydrogens is 210 g/mol. The Bertz CT molecular complexity index is 362. The number of ether oxygens (including phenoxy) is 1. The normalized spacial score (nSPS) is 15.9. The summed E-state index contributed by atoms with van der Waals surface area (Å²) in [6.07, 6.45) is 6.93. The Morgan fingerprint density at radius 3 is 2.94 bits per heavy atom.